The van der Waals surface area contributed by atoms with E-state index in [2.05, 4.69) is 21.0 Å². The molecule has 0 spiro atoms. The second-order valence-electron chi connectivity index (χ2n) is 3.57. The summed E-state index contributed by atoms with van der Waals surface area (Å²) in [5.41, 5.74) is 0.927. The molecule has 1 aliphatic heterocycles. The van der Waals surface area contributed by atoms with Crippen molar-refractivity contribution >= 4 is 15.9 Å². The molecule has 0 atom stereocenters. The number of halogens is 1. The first kappa shape index (κ1) is 9.98. The van der Waals surface area contributed by atoms with Gasteiger partial charge in [0.15, 0.2) is 0 Å². The third-order valence-electron chi connectivity index (χ3n) is 2.58. The first-order valence-corrected chi connectivity index (χ1v) is 5.54. The molecule has 4 nitrogen and oxygen atoms in total. The van der Waals surface area contributed by atoms with Crippen LogP contribution in [0.1, 0.15) is 24.6 Å². The van der Waals surface area contributed by atoms with Gasteiger partial charge in [-0.05, 0) is 35.7 Å². The summed E-state index contributed by atoms with van der Waals surface area (Å²) in [6.07, 6.45) is 1.82. The molecule has 1 saturated heterocycles. The van der Waals surface area contributed by atoms with E-state index in [1.807, 2.05) is 6.92 Å². The minimum absolute atomic E-state index is 0.0365. The average Bonchev–Trinajstić information content (AvgIpc) is 2.47. The van der Waals surface area contributed by atoms with Crippen LogP contribution in [0, 0.1) is 6.92 Å². The summed E-state index contributed by atoms with van der Waals surface area (Å²) < 4.78 is 7.61. The molecular weight excluding hydrogens is 248 g/mol. The van der Waals surface area contributed by atoms with E-state index in [1.165, 1.54) is 0 Å². The van der Waals surface area contributed by atoms with Gasteiger partial charge in [0.1, 0.15) is 4.47 Å². The summed E-state index contributed by atoms with van der Waals surface area (Å²) in [5.74, 6) is 0. The largest absolute Gasteiger partial charge is 0.381 e. The summed E-state index contributed by atoms with van der Waals surface area (Å²) in [4.78, 5) is 11.7. The summed E-state index contributed by atoms with van der Waals surface area (Å²) in [6.45, 7) is 3.38. The Balaban J connectivity index is 2.31. The topological polar surface area (TPSA) is 47.0 Å². The zero-order chi connectivity index (χ0) is 10.1. The lowest BCUT2D eigenvalue weighted by Crippen LogP contribution is -2.27. The minimum atomic E-state index is 0.0365. The van der Waals surface area contributed by atoms with Gasteiger partial charge in [0.2, 0.25) is 0 Å². The van der Waals surface area contributed by atoms with E-state index in [-0.39, 0.29) is 11.6 Å². The standard InChI is InChI=1S/C9H13BrN2O2/c1-6-8(10)9(13)12(11-6)7-2-4-14-5-3-7/h7,11H,2-5H2,1H3. The molecule has 1 aromatic heterocycles. The number of hydrogen-bond donors (Lipinski definition) is 1. The number of H-pyrrole nitrogens is 1. The maximum Gasteiger partial charge on any atom is 0.281 e. The van der Waals surface area contributed by atoms with Crippen LogP contribution in [0.15, 0.2) is 9.27 Å². The number of ether oxygens (including phenoxy) is 1. The average molecular weight is 261 g/mol. The highest BCUT2D eigenvalue weighted by atomic mass is 79.9. The third kappa shape index (κ3) is 1.66. The van der Waals surface area contributed by atoms with E-state index in [4.69, 9.17) is 4.74 Å². The third-order valence-corrected chi connectivity index (χ3v) is 3.51. The normalized spacial score (nSPS) is 18.7. The zero-order valence-electron chi connectivity index (χ0n) is 8.05. The van der Waals surface area contributed by atoms with Crippen LogP contribution in [0.3, 0.4) is 0 Å². The second kappa shape index (κ2) is 3.90. The summed E-state index contributed by atoms with van der Waals surface area (Å²) in [7, 11) is 0. The summed E-state index contributed by atoms with van der Waals surface area (Å²) in [6, 6.07) is 0.265. The van der Waals surface area contributed by atoms with E-state index in [0.717, 1.165) is 31.7 Å². The number of rotatable bonds is 1. The lowest BCUT2D eigenvalue weighted by Gasteiger charge is -2.22. The van der Waals surface area contributed by atoms with Crippen molar-refractivity contribution in [2.75, 3.05) is 13.2 Å². The van der Waals surface area contributed by atoms with Gasteiger partial charge in [-0.1, -0.05) is 0 Å². The van der Waals surface area contributed by atoms with Gasteiger partial charge in [-0.15, -0.1) is 0 Å². The van der Waals surface area contributed by atoms with Crippen molar-refractivity contribution in [2.24, 2.45) is 0 Å². The highest BCUT2D eigenvalue weighted by Crippen LogP contribution is 2.20. The van der Waals surface area contributed by atoms with Crippen LogP contribution in [-0.4, -0.2) is 23.0 Å². The maximum atomic E-state index is 11.7. The fourth-order valence-electron chi connectivity index (χ4n) is 1.75. The lowest BCUT2D eigenvalue weighted by atomic mass is 10.1. The van der Waals surface area contributed by atoms with E-state index in [9.17, 15) is 4.79 Å². The highest BCUT2D eigenvalue weighted by Gasteiger charge is 2.19. The first-order chi connectivity index (χ1) is 6.70. The predicted molar refractivity (Wildman–Crippen MR) is 56.6 cm³/mol. The second-order valence-corrected chi connectivity index (χ2v) is 4.36. The Bertz CT molecular complexity index is 377. The number of nitrogens with one attached hydrogen (secondary N) is 1. The summed E-state index contributed by atoms with van der Waals surface area (Å²) >= 11 is 3.27. The van der Waals surface area contributed by atoms with Crippen molar-refractivity contribution in [2.45, 2.75) is 25.8 Å². The number of aromatic nitrogens is 2. The van der Waals surface area contributed by atoms with Gasteiger partial charge in [0, 0.05) is 18.9 Å². The smallest absolute Gasteiger partial charge is 0.281 e. The molecule has 1 fully saturated rings. The molecule has 0 unspecified atom stereocenters. The van der Waals surface area contributed by atoms with E-state index < -0.39 is 0 Å². The number of nitrogens with zero attached hydrogens (tertiary/aromatic N) is 1. The van der Waals surface area contributed by atoms with Crippen molar-refractivity contribution in [3.05, 3.63) is 20.5 Å². The maximum absolute atomic E-state index is 11.7. The Morgan fingerprint density at radius 2 is 2.14 bits per heavy atom. The molecule has 0 saturated carbocycles. The van der Waals surface area contributed by atoms with Gasteiger partial charge in [-0.25, -0.2) is 4.68 Å². The predicted octanol–water partition coefficient (Wildman–Crippen LogP) is 1.60. The highest BCUT2D eigenvalue weighted by molar-refractivity contribution is 9.10. The van der Waals surface area contributed by atoms with Crippen LogP contribution < -0.4 is 5.56 Å². The van der Waals surface area contributed by atoms with Crippen molar-refractivity contribution in [3.8, 4) is 0 Å². The molecule has 0 bridgehead atoms. The Labute approximate surface area is 90.4 Å². The van der Waals surface area contributed by atoms with Gasteiger partial charge < -0.3 is 4.74 Å². The zero-order valence-corrected chi connectivity index (χ0v) is 9.63. The summed E-state index contributed by atoms with van der Waals surface area (Å²) in [5, 5.41) is 3.08. The molecule has 1 N–H and O–H groups in total. The monoisotopic (exact) mass is 260 g/mol. The van der Waals surface area contributed by atoms with Crippen molar-refractivity contribution in [1.29, 1.82) is 0 Å². The quantitative estimate of drug-likeness (QED) is 0.834. The van der Waals surface area contributed by atoms with Gasteiger partial charge in [-0.3, -0.25) is 9.89 Å². The Morgan fingerprint density at radius 3 is 2.64 bits per heavy atom. The molecule has 0 radical (unpaired) electrons. The molecule has 0 aromatic carbocycles. The van der Waals surface area contributed by atoms with E-state index in [1.54, 1.807) is 4.68 Å². The van der Waals surface area contributed by atoms with Crippen molar-refractivity contribution < 1.29 is 4.74 Å². The number of aryl methyl sites for hydroxylation is 1. The molecule has 5 heteroatoms. The van der Waals surface area contributed by atoms with Gasteiger partial charge in [0.05, 0.1) is 6.04 Å². The first-order valence-electron chi connectivity index (χ1n) is 4.74. The van der Waals surface area contributed by atoms with Crippen molar-refractivity contribution in [1.82, 2.24) is 9.78 Å². The fourth-order valence-corrected chi connectivity index (χ4v) is 2.03. The Hall–Kier alpha value is -0.550. The van der Waals surface area contributed by atoms with Gasteiger partial charge in [-0.2, -0.15) is 0 Å². The molecule has 1 aliphatic rings. The van der Waals surface area contributed by atoms with Gasteiger partial charge >= 0.3 is 0 Å². The molecule has 2 heterocycles. The van der Waals surface area contributed by atoms with Crippen LogP contribution in [0.4, 0.5) is 0 Å². The van der Waals surface area contributed by atoms with E-state index in [0.29, 0.717) is 4.47 Å². The fraction of sp³-hybridized carbons (Fsp3) is 0.667. The number of aromatic amines is 1. The van der Waals surface area contributed by atoms with Crippen LogP contribution >= 0.6 is 15.9 Å². The molecule has 0 aliphatic carbocycles. The molecular formula is C9H13BrN2O2. The Kier molecular flexibility index (Phi) is 2.78. The van der Waals surface area contributed by atoms with Crippen LogP contribution in [-0.2, 0) is 4.74 Å². The van der Waals surface area contributed by atoms with Gasteiger partial charge in [0.25, 0.3) is 5.56 Å². The SMILES string of the molecule is Cc1[nH]n(C2CCOCC2)c(=O)c1Br. The van der Waals surface area contributed by atoms with Crippen LogP contribution in [0.5, 0.6) is 0 Å². The Morgan fingerprint density at radius 1 is 1.50 bits per heavy atom. The molecule has 14 heavy (non-hydrogen) atoms. The van der Waals surface area contributed by atoms with Crippen LogP contribution in [0.25, 0.3) is 0 Å². The van der Waals surface area contributed by atoms with E-state index >= 15 is 0 Å². The lowest BCUT2D eigenvalue weighted by molar-refractivity contribution is 0.0652. The molecule has 1 aromatic rings. The molecule has 2 rings (SSSR count). The molecule has 0 amide bonds. The van der Waals surface area contributed by atoms with Crippen molar-refractivity contribution in [3.63, 3.8) is 0 Å². The minimum Gasteiger partial charge on any atom is -0.381 e. The molecule has 78 valence electrons. The number of hydrogen-bond acceptors (Lipinski definition) is 2. The van der Waals surface area contributed by atoms with Crippen LogP contribution in [0.2, 0.25) is 0 Å².